The topological polar surface area (TPSA) is 0 Å². The predicted octanol–water partition coefficient (Wildman–Crippen LogP) is 2.97. The lowest BCUT2D eigenvalue weighted by molar-refractivity contribution is 0.0657. The maximum atomic E-state index is 6.16. The van der Waals surface area contributed by atoms with Gasteiger partial charge >= 0.3 is 0 Å². The Labute approximate surface area is 83.0 Å². The van der Waals surface area contributed by atoms with Gasteiger partial charge in [0.1, 0.15) is 0 Å². The van der Waals surface area contributed by atoms with Gasteiger partial charge in [-0.3, -0.25) is 0 Å². The van der Waals surface area contributed by atoms with Gasteiger partial charge < -0.3 is 0 Å². The SMILES string of the molecule is ClC1=C[C@@H]2[C@H]3C=C[C@@H]([C@@H]4C=C[C@H]43)[C@@H]12. The highest BCUT2D eigenvalue weighted by Gasteiger charge is 2.55. The monoisotopic (exact) mass is 190 g/mol. The van der Waals surface area contributed by atoms with E-state index in [9.17, 15) is 0 Å². The Morgan fingerprint density at radius 3 is 2.00 bits per heavy atom. The minimum Gasteiger partial charge on any atom is -0.0891 e. The molecule has 66 valence electrons. The van der Waals surface area contributed by atoms with Crippen LogP contribution >= 0.6 is 11.6 Å². The third-order valence-electron chi connectivity index (χ3n) is 4.39. The molecule has 0 nitrogen and oxygen atoms in total. The number of rotatable bonds is 0. The Hall–Kier alpha value is -0.490. The Bertz CT molecular complexity index is 363. The smallest absolute Gasteiger partial charge is 0.0187 e. The normalized spacial score (nSPS) is 59.0. The van der Waals surface area contributed by atoms with Gasteiger partial charge in [-0.05, 0) is 29.6 Å². The molecule has 1 saturated carbocycles. The van der Waals surface area contributed by atoms with Crippen molar-refractivity contribution in [1.29, 1.82) is 0 Å². The van der Waals surface area contributed by atoms with E-state index in [0.29, 0.717) is 5.92 Å². The van der Waals surface area contributed by atoms with E-state index in [1.54, 1.807) is 0 Å². The molecule has 0 unspecified atom stereocenters. The van der Waals surface area contributed by atoms with Crippen LogP contribution in [0.3, 0.4) is 0 Å². The third kappa shape index (κ3) is 0.604. The Kier molecular flexibility index (Phi) is 1.04. The molecule has 2 bridgehead atoms. The second kappa shape index (κ2) is 1.95. The van der Waals surface area contributed by atoms with Crippen LogP contribution in [-0.2, 0) is 0 Å². The van der Waals surface area contributed by atoms with Gasteiger partial charge in [0, 0.05) is 11.0 Å². The fourth-order valence-corrected chi connectivity index (χ4v) is 4.09. The van der Waals surface area contributed by atoms with Crippen molar-refractivity contribution >= 4 is 11.6 Å². The highest BCUT2D eigenvalue weighted by Crippen LogP contribution is 2.62. The van der Waals surface area contributed by atoms with E-state index in [1.165, 1.54) is 0 Å². The number of hydrogen-bond donors (Lipinski definition) is 0. The molecule has 0 aromatic heterocycles. The summed E-state index contributed by atoms with van der Waals surface area (Å²) in [4.78, 5) is 0. The first kappa shape index (κ1) is 6.89. The van der Waals surface area contributed by atoms with E-state index in [2.05, 4.69) is 30.4 Å². The average Bonchev–Trinajstić information content (AvgIpc) is 2.02. The molecule has 5 aliphatic carbocycles. The van der Waals surface area contributed by atoms with Gasteiger partial charge in [0.15, 0.2) is 0 Å². The zero-order chi connectivity index (χ0) is 8.58. The van der Waals surface area contributed by atoms with Crippen molar-refractivity contribution in [1.82, 2.24) is 0 Å². The highest BCUT2D eigenvalue weighted by molar-refractivity contribution is 6.30. The average molecular weight is 191 g/mol. The molecule has 0 heterocycles. The van der Waals surface area contributed by atoms with Crippen LogP contribution < -0.4 is 0 Å². The molecular weight excluding hydrogens is 180 g/mol. The number of halogens is 1. The van der Waals surface area contributed by atoms with Gasteiger partial charge in [-0.2, -0.15) is 0 Å². The van der Waals surface area contributed by atoms with Gasteiger partial charge in [0.25, 0.3) is 0 Å². The zero-order valence-corrected chi connectivity index (χ0v) is 7.98. The fourth-order valence-electron chi connectivity index (χ4n) is 3.65. The lowest BCUT2D eigenvalue weighted by Crippen LogP contribution is -2.52. The predicted molar refractivity (Wildman–Crippen MR) is 53.2 cm³/mol. The van der Waals surface area contributed by atoms with Gasteiger partial charge in [0.2, 0.25) is 0 Å². The zero-order valence-electron chi connectivity index (χ0n) is 7.23. The quantitative estimate of drug-likeness (QED) is 0.516. The van der Waals surface area contributed by atoms with Crippen molar-refractivity contribution in [2.45, 2.75) is 0 Å². The van der Waals surface area contributed by atoms with E-state index in [4.69, 9.17) is 11.6 Å². The van der Waals surface area contributed by atoms with Crippen LogP contribution in [-0.4, -0.2) is 0 Å². The molecule has 0 radical (unpaired) electrons. The van der Waals surface area contributed by atoms with Crippen molar-refractivity contribution in [3.8, 4) is 0 Å². The van der Waals surface area contributed by atoms with Crippen LogP contribution in [0, 0.1) is 35.5 Å². The van der Waals surface area contributed by atoms with E-state index in [-0.39, 0.29) is 0 Å². The van der Waals surface area contributed by atoms with Crippen LogP contribution in [0.2, 0.25) is 0 Å². The van der Waals surface area contributed by atoms with E-state index in [0.717, 1.165) is 34.6 Å². The van der Waals surface area contributed by atoms with Crippen molar-refractivity contribution in [2.24, 2.45) is 35.5 Å². The molecular formula is C12H11Cl. The van der Waals surface area contributed by atoms with Gasteiger partial charge in [-0.25, -0.2) is 0 Å². The molecule has 5 rings (SSSR count). The lowest BCUT2D eigenvalue weighted by atomic mass is 9.47. The molecule has 0 aromatic rings. The summed E-state index contributed by atoms with van der Waals surface area (Å²) in [5.74, 6) is 4.61. The van der Waals surface area contributed by atoms with E-state index >= 15 is 0 Å². The van der Waals surface area contributed by atoms with Gasteiger partial charge in [-0.1, -0.05) is 42.0 Å². The third-order valence-corrected chi connectivity index (χ3v) is 4.77. The van der Waals surface area contributed by atoms with E-state index in [1.807, 2.05) is 0 Å². The molecule has 5 aliphatic rings. The lowest BCUT2D eigenvalue weighted by Gasteiger charge is -2.58. The number of hydrogen-bond acceptors (Lipinski definition) is 0. The van der Waals surface area contributed by atoms with Crippen LogP contribution in [0.25, 0.3) is 0 Å². The summed E-state index contributed by atoms with van der Waals surface area (Å²) in [5, 5.41) is 1.13. The van der Waals surface area contributed by atoms with Crippen molar-refractivity contribution < 1.29 is 0 Å². The summed E-state index contributed by atoms with van der Waals surface area (Å²) >= 11 is 6.16. The molecule has 0 aliphatic heterocycles. The van der Waals surface area contributed by atoms with Gasteiger partial charge in [-0.15, -0.1) is 0 Å². The summed E-state index contributed by atoms with van der Waals surface area (Å²) in [5.41, 5.74) is 0. The Morgan fingerprint density at radius 2 is 1.31 bits per heavy atom. The standard InChI is InChI=1S/C12H11Cl/c13-11-5-10-8-3-4-9(12(10)11)7-2-1-6(7)8/h1-10,12H/t6-,7-,8+,9+,10-,12-/m1/s1. The molecule has 6 atom stereocenters. The summed E-state index contributed by atoms with van der Waals surface area (Å²) < 4.78 is 0. The molecule has 0 aromatic carbocycles. The van der Waals surface area contributed by atoms with Crippen LogP contribution in [0.4, 0.5) is 0 Å². The van der Waals surface area contributed by atoms with E-state index < -0.39 is 0 Å². The second-order valence-electron chi connectivity index (χ2n) is 4.73. The van der Waals surface area contributed by atoms with Crippen LogP contribution in [0.5, 0.6) is 0 Å². The summed E-state index contributed by atoms with van der Waals surface area (Å²) in [6.45, 7) is 0. The summed E-state index contributed by atoms with van der Waals surface area (Å²) in [7, 11) is 0. The highest BCUT2D eigenvalue weighted by atomic mass is 35.5. The maximum Gasteiger partial charge on any atom is 0.0187 e. The first-order valence-electron chi connectivity index (χ1n) is 5.10. The molecule has 1 fully saturated rings. The second-order valence-corrected chi connectivity index (χ2v) is 5.17. The molecule has 1 heteroatoms. The first-order chi connectivity index (χ1) is 6.36. The van der Waals surface area contributed by atoms with Gasteiger partial charge in [0.05, 0.1) is 0 Å². The summed E-state index contributed by atoms with van der Waals surface area (Å²) in [6, 6.07) is 0. The largest absolute Gasteiger partial charge is 0.0891 e. The maximum absolute atomic E-state index is 6.16. The molecule has 0 amide bonds. The molecule has 0 saturated heterocycles. The minimum absolute atomic E-state index is 0.683. The Morgan fingerprint density at radius 1 is 0.769 bits per heavy atom. The molecule has 0 spiro atoms. The van der Waals surface area contributed by atoms with Crippen molar-refractivity contribution in [3.05, 3.63) is 35.4 Å². The minimum atomic E-state index is 0.683. The van der Waals surface area contributed by atoms with Crippen molar-refractivity contribution in [3.63, 3.8) is 0 Å². The fraction of sp³-hybridized carbons (Fsp3) is 0.500. The van der Waals surface area contributed by atoms with Crippen LogP contribution in [0.1, 0.15) is 0 Å². The number of allylic oxidation sites excluding steroid dienone is 6. The Balaban J connectivity index is 1.86. The molecule has 0 N–H and O–H groups in total. The van der Waals surface area contributed by atoms with Crippen LogP contribution in [0.15, 0.2) is 35.4 Å². The first-order valence-corrected chi connectivity index (χ1v) is 5.48. The van der Waals surface area contributed by atoms with Crippen molar-refractivity contribution in [2.75, 3.05) is 0 Å². The summed E-state index contributed by atoms with van der Waals surface area (Å²) in [6.07, 6.45) is 11.9. The molecule has 13 heavy (non-hydrogen) atoms.